The Balaban J connectivity index is 2.91. The second-order valence-electron chi connectivity index (χ2n) is 3.77. The summed E-state index contributed by atoms with van der Waals surface area (Å²) in [5.74, 6) is -1.66. The second-order valence-corrected chi connectivity index (χ2v) is 3.77. The molecule has 1 aromatic carbocycles. The average molecular weight is 241 g/mol. The molecule has 17 heavy (non-hydrogen) atoms. The molecule has 94 valence electrons. The third kappa shape index (κ3) is 4.24. The number of rotatable bonds is 6. The number of nitrogens with two attached hydrogens (primary N) is 1. The predicted molar refractivity (Wildman–Crippen MR) is 64.5 cm³/mol. The first-order valence-electron chi connectivity index (χ1n) is 5.51. The van der Waals surface area contributed by atoms with Crippen LogP contribution in [0, 0.1) is 11.6 Å². The van der Waals surface area contributed by atoms with Gasteiger partial charge in [-0.05, 0) is 31.0 Å². The zero-order valence-corrected chi connectivity index (χ0v) is 9.88. The molecular formula is C13H17F2NO. The number of benzene rings is 1. The van der Waals surface area contributed by atoms with Crippen molar-refractivity contribution >= 4 is 6.08 Å². The van der Waals surface area contributed by atoms with E-state index in [1.807, 2.05) is 0 Å². The first kappa shape index (κ1) is 13.8. The zero-order chi connectivity index (χ0) is 12.7. The molecule has 0 aliphatic heterocycles. The summed E-state index contributed by atoms with van der Waals surface area (Å²) in [6.07, 6.45) is 3.14. The highest BCUT2D eigenvalue weighted by Gasteiger charge is 2.06. The van der Waals surface area contributed by atoms with Gasteiger partial charge >= 0.3 is 0 Å². The highest BCUT2D eigenvalue weighted by atomic mass is 19.2. The molecule has 0 atom stereocenters. The van der Waals surface area contributed by atoms with Gasteiger partial charge in [-0.2, -0.15) is 0 Å². The predicted octanol–water partition coefficient (Wildman–Crippen LogP) is 2.73. The van der Waals surface area contributed by atoms with Crippen LogP contribution in [0.3, 0.4) is 0 Å². The van der Waals surface area contributed by atoms with Crippen LogP contribution >= 0.6 is 0 Å². The van der Waals surface area contributed by atoms with Gasteiger partial charge in [0.1, 0.15) is 0 Å². The van der Waals surface area contributed by atoms with Crippen LogP contribution < -0.4 is 5.73 Å². The number of hydrogen-bond donors (Lipinski definition) is 1. The molecule has 4 heteroatoms. The van der Waals surface area contributed by atoms with Gasteiger partial charge in [0.25, 0.3) is 0 Å². The number of ether oxygens (including phenoxy) is 1. The van der Waals surface area contributed by atoms with Crippen LogP contribution in [0.5, 0.6) is 0 Å². The summed E-state index contributed by atoms with van der Waals surface area (Å²) >= 11 is 0. The summed E-state index contributed by atoms with van der Waals surface area (Å²) in [5.41, 5.74) is 6.57. The molecule has 1 aromatic rings. The van der Waals surface area contributed by atoms with Gasteiger partial charge in [0.15, 0.2) is 11.6 Å². The molecule has 0 spiro atoms. The Kier molecular flexibility index (Phi) is 5.80. The maximum absolute atomic E-state index is 13.4. The average Bonchev–Trinajstić information content (AvgIpc) is 2.32. The van der Waals surface area contributed by atoms with Crippen molar-refractivity contribution in [3.8, 4) is 0 Å². The van der Waals surface area contributed by atoms with Gasteiger partial charge in [-0.25, -0.2) is 8.78 Å². The van der Waals surface area contributed by atoms with Crippen LogP contribution in [0.1, 0.15) is 18.4 Å². The van der Waals surface area contributed by atoms with Gasteiger partial charge < -0.3 is 10.5 Å². The standard InChI is InChI=1S/C13H17F2NO/c1-17-9-10(4-3-7-16)8-11-5-2-6-12(14)13(11)15/h2,5-6,8H,3-4,7,9,16H2,1H3/b10-8+. The van der Waals surface area contributed by atoms with E-state index in [2.05, 4.69) is 0 Å². The minimum absolute atomic E-state index is 0.245. The van der Waals surface area contributed by atoms with Crippen LogP contribution in [0.15, 0.2) is 23.8 Å². The topological polar surface area (TPSA) is 35.2 Å². The molecular weight excluding hydrogens is 224 g/mol. The Morgan fingerprint density at radius 1 is 1.41 bits per heavy atom. The minimum Gasteiger partial charge on any atom is -0.380 e. The lowest BCUT2D eigenvalue weighted by Crippen LogP contribution is -2.02. The highest BCUT2D eigenvalue weighted by Crippen LogP contribution is 2.17. The van der Waals surface area contributed by atoms with Crippen molar-refractivity contribution < 1.29 is 13.5 Å². The van der Waals surface area contributed by atoms with Crippen LogP contribution in [0.25, 0.3) is 6.08 Å². The van der Waals surface area contributed by atoms with Crippen molar-refractivity contribution in [1.82, 2.24) is 0 Å². The van der Waals surface area contributed by atoms with Crippen LogP contribution in [0.4, 0.5) is 8.78 Å². The number of hydrogen-bond acceptors (Lipinski definition) is 2. The van der Waals surface area contributed by atoms with E-state index >= 15 is 0 Å². The Hall–Kier alpha value is -1.26. The van der Waals surface area contributed by atoms with E-state index < -0.39 is 11.6 Å². The summed E-state index contributed by atoms with van der Waals surface area (Å²) in [7, 11) is 1.57. The zero-order valence-electron chi connectivity index (χ0n) is 9.88. The molecule has 0 saturated heterocycles. The van der Waals surface area contributed by atoms with Crippen LogP contribution in [-0.2, 0) is 4.74 Å². The van der Waals surface area contributed by atoms with Crippen LogP contribution in [0.2, 0.25) is 0 Å². The largest absolute Gasteiger partial charge is 0.380 e. The van der Waals surface area contributed by atoms with Crippen LogP contribution in [-0.4, -0.2) is 20.3 Å². The molecule has 0 bridgehead atoms. The molecule has 0 unspecified atom stereocenters. The molecule has 0 aliphatic rings. The van der Waals surface area contributed by atoms with Crippen molar-refractivity contribution in [3.05, 3.63) is 41.0 Å². The van der Waals surface area contributed by atoms with E-state index in [-0.39, 0.29) is 5.56 Å². The van der Waals surface area contributed by atoms with Crippen molar-refractivity contribution in [1.29, 1.82) is 0 Å². The van der Waals surface area contributed by atoms with Gasteiger partial charge in [-0.1, -0.05) is 18.2 Å². The van der Waals surface area contributed by atoms with E-state index in [1.165, 1.54) is 12.1 Å². The molecule has 1 rings (SSSR count). The maximum atomic E-state index is 13.4. The fourth-order valence-corrected chi connectivity index (χ4v) is 1.55. The summed E-state index contributed by atoms with van der Waals surface area (Å²) in [4.78, 5) is 0. The van der Waals surface area contributed by atoms with Gasteiger partial charge in [-0.3, -0.25) is 0 Å². The SMILES string of the molecule is COC/C(=C/c1cccc(F)c1F)CCCN. The molecule has 2 N–H and O–H groups in total. The van der Waals surface area contributed by atoms with E-state index in [4.69, 9.17) is 10.5 Å². The van der Waals surface area contributed by atoms with Gasteiger partial charge in [0.2, 0.25) is 0 Å². The van der Waals surface area contributed by atoms with E-state index in [1.54, 1.807) is 13.2 Å². The molecule has 2 nitrogen and oxygen atoms in total. The number of halogens is 2. The Morgan fingerprint density at radius 2 is 2.18 bits per heavy atom. The highest BCUT2D eigenvalue weighted by molar-refractivity contribution is 5.53. The molecule has 0 heterocycles. The summed E-state index contributed by atoms with van der Waals surface area (Å²) < 4.78 is 31.5. The monoisotopic (exact) mass is 241 g/mol. The first-order valence-corrected chi connectivity index (χ1v) is 5.51. The number of methoxy groups -OCH3 is 1. The second kappa shape index (κ2) is 7.14. The Morgan fingerprint density at radius 3 is 2.82 bits per heavy atom. The Labute approximate surface area is 100 Å². The summed E-state index contributed by atoms with van der Waals surface area (Å²) in [5, 5.41) is 0. The Bertz CT molecular complexity index is 391. The third-order valence-corrected chi connectivity index (χ3v) is 2.37. The quantitative estimate of drug-likeness (QED) is 0.831. The van der Waals surface area contributed by atoms with E-state index in [0.29, 0.717) is 13.2 Å². The van der Waals surface area contributed by atoms with E-state index in [9.17, 15) is 8.78 Å². The molecule has 0 fully saturated rings. The van der Waals surface area contributed by atoms with Gasteiger partial charge in [0, 0.05) is 12.7 Å². The maximum Gasteiger partial charge on any atom is 0.166 e. The molecule has 0 aromatic heterocycles. The van der Waals surface area contributed by atoms with Crippen molar-refractivity contribution in [2.45, 2.75) is 12.8 Å². The lowest BCUT2D eigenvalue weighted by Gasteiger charge is -2.06. The van der Waals surface area contributed by atoms with Crippen molar-refractivity contribution in [3.63, 3.8) is 0 Å². The normalized spacial score (nSPS) is 11.9. The first-order chi connectivity index (χ1) is 8.19. The molecule has 0 aliphatic carbocycles. The summed E-state index contributed by atoms with van der Waals surface area (Å²) in [6.45, 7) is 0.961. The molecule has 0 saturated carbocycles. The molecule has 0 radical (unpaired) electrons. The van der Waals surface area contributed by atoms with Gasteiger partial charge in [-0.15, -0.1) is 0 Å². The van der Waals surface area contributed by atoms with E-state index in [0.717, 1.165) is 24.5 Å². The van der Waals surface area contributed by atoms with Gasteiger partial charge in [0.05, 0.1) is 6.61 Å². The fourth-order valence-electron chi connectivity index (χ4n) is 1.55. The summed E-state index contributed by atoms with van der Waals surface area (Å²) in [6, 6.07) is 4.12. The minimum atomic E-state index is -0.839. The third-order valence-electron chi connectivity index (χ3n) is 2.37. The molecule has 0 amide bonds. The van der Waals surface area contributed by atoms with Crippen molar-refractivity contribution in [2.75, 3.05) is 20.3 Å². The lowest BCUT2D eigenvalue weighted by molar-refractivity contribution is 0.223. The van der Waals surface area contributed by atoms with Crippen molar-refractivity contribution in [2.24, 2.45) is 5.73 Å². The lowest BCUT2D eigenvalue weighted by atomic mass is 10.1. The smallest absolute Gasteiger partial charge is 0.166 e. The fraction of sp³-hybridized carbons (Fsp3) is 0.385.